The van der Waals surface area contributed by atoms with Gasteiger partial charge in [-0.2, -0.15) is 4.98 Å². The molecular weight excluding hydrogens is 545 g/mol. The van der Waals surface area contributed by atoms with Gasteiger partial charge in [0.05, 0.1) is 24.1 Å². The van der Waals surface area contributed by atoms with Crippen molar-refractivity contribution in [3.8, 4) is 0 Å². The maximum Gasteiger partial charge on any atom is 0.332 e. The number of amides is 4. The number of aryl methyl sites for hydroxylation is 1. The zero-order valence-electron chi connectivity index (χ0n) is 22.8. The lowest BCUT2D eigenvalue weighted by Crippen LogP contribution is -2.31. The Hall–Kier alpha value is -5.08. The molecule has 0 spiro atoms. The van der Waals surface area contributed by atoms with Crippen LogP contribution in [0.5, 0.6) is 0 Å². The summed E-state index contributed by atoms with van der Waals surface area (Å²) in [7, 11) is 1.43. The van der Waals surface area contributed by atoms with Crippen molar-refractivity contribution in [1.29, 1.82) is 0 Å². The largest absolute Gasteiger partial charge is 0.362 e. The number of aromatic nitrogens is 7. The molecule has 2 aliphatic carbocycles. The average molecular weight is 572 g/mol. The third-order valence-electron chi connectivity index (χ3n) is 7.61. The molecule has 214 valence electrons. The highest BCUT2D eigenvalue weighted by atomic mass is 19.1. The Bertz CT molecular complexity index is 1770. The van der Waals surface area contributed by atoms with E-state index in [0.717, 1.165) is 35.3 Å². The Morgan fingerprint density at radius 1 is 1.12 bits per heavy atom. The average Bonchev–Trinajstić information content (AvgIpc) is 3.90. The van der Waals surface area contributed by atoms with Crippen LogP contribution in [0.2, 0.25) is 0 Å². The molecule has 0 radical (unpaired) electrons. The summed E-state index contributed by atoms with van der Waals surface area (Å²) in [6, 6.07) is 1.33. The van der Waals surface area contributed by atoms with Gasteiger partial charge in [0.1, 0.15) is 12.4 Å². The summed E-state index contributed by atoms with van der Waals surface area (Å²) < 4.78 is 16.4. The van der Waals surface area contributed by atoms with Gasteiger partial charge in [0.25, 0.3) is 5.91 Å². The number of hydrogen-bond donors (Lipinski definition) is 2. The number of imidazole rings is 1. The second kappa shape index (κ2) is 9.78. The number of carbonyl (C=O) groups is 3. The summed E-state index contributed by atoms with van der Waals surface area (Å²) in [5.41, 5.74) is 2.58. The lowest BCUT2D eigenvalue weighted by Gasteiger charge is -2.15. The third-order valence-corrected chi connectivity index (χ3v) is 7.61. The van der Waals surface area contributed by atoms with E-state index in [9.17, 15) is 18.8 Å². The quantitative estimate of drug-likeness (QED) is 0.300. The molecular formula is C27H26FN11O3. The van der Waals surface area contributed by atoms with Crippen molar-refractivity contribution >= 4 is 41.1 Å². The molecule has 1 saturated heterocycles. The minimum atomic E-state index is -0.697. The molecule has 0 bridgehead atoms. The number of likely N-dealkylation sites (N-methyl/N-ethyl adjacent to an activating group) is 1. The summed E-state index contributed by atoms with van der Waals surface area (Å²) >= 11 is 0. The van der Waals surface area contributed by atoms with E-state index < -0.39 is 11.8 Å². The highest BCUT2D eigenvalue weighted by molar-refractivity contribution is 6.12. The van der Waals surface area contributed by atoms with Crippen LogP contribution in [0.15, 0.2) is 30.9 Å². The topological polar surface area (TPSA) is 163 Å². The third kappa shape index (κ3) is 4.76. The summed E-state index contributed by atoms with van der Waals surface area (Å²) in [4.78, 5) is 66.1. The molecule has 0 unspecified atom stereocenters. The maximum absolute atomic E-state index is 14.6. The molecule has 7 rings (SSSR count). The molecule has 4 aromatic rings. The van der Waals surface area contributed by atoms with Crippen molar-refractivity contribution in [3.05, 3.63) is 59.6 Å². The fraction of sp³-hybridized carbons (Fsp3) is 0.370. The summed E-state index contributed by atoms with van der Waals surface area (Å²) in [6.07, 6.45) is 8.89. The predicted octanol–water partition coefficient (Wildman–Crippen LogP) is 2.39. The zero-order chi connectivity index (χ0) is 29.1. The normalized spacial score (nSPS) is 20.0. The van der Waals surface area contributed by atoms with Crippen molar-refractivity contribution in [1.82, 2.24) is 39.2 Å². The fourth-order valence-electron chi connectivity index (χ4n) is 5.00. The van der Waals surface area contributed by atoms with Crippen molar-refractivity contribution < 1.29 is 18.8 Å². The minimum absolute atomic E-state index is 0.0309. The van der Waals surface area contributed by atoms with Crippen LogP contribution in [-0.4, -0.2) is 70.6 Å². The van der Waals surface area contributed by atoms with Crippen molar-refractivity contribution in [2.45, 2.75) is 44.6 Å². The molecule has 3 aliphatic rings. The summed E-state index contributed by atoms with van der Waals surface area (Å²) in [5, 5.41) is 5.57. The van der Waals surface area contributed by atoms with Crippen molar-refractivity contribution in [2.24, 2.45) is 5.92 Å². The molecule has 4 aromatic heterocycles. The van der Waals surface area contributed by atoms with E-state index in [2.05, 4.69) is 35.6 Å². The molecule has 2 N–H and O–H groups in total. The van der Waals surface area contributed by atoms with Gasteiger partial charge in [0, 0.05) is 49.1 Å². The van der Waals surface area contributed by atoms with E-state index in [1.54, 1.807) is 22.9 Å². The Morgan fingerprint density at radius 2 is 1.95 bits per heavy atom. The van der Waals surface area contributed by atoms with Gasteiger partial charge in [-0.1, -0.05) is 0 Å². The van der Waals surface area contributed by atoms with Crippen LogP contribution in [0.3, 0.4) is 0 Å². The van der Waals surface area contributed by atoms with Gasteiger partial charge >= 0.3 is 6.03 Å². The number of anilines is 3. The number of rotatable bonds is 8. The molecule has 1 aliphatic heterocycles. The van der Waals surface area contributed by atoms with E-state index in [4.69, 9.17) is 4.98 Å². The number of halogens is 1. The zero-order valence-corrected chi connectivity index (χ0v) is 22.8. The second-order valence-electron chi connectivity index (χ2n) is 10.8. The molecule has 15 heteroatoms. The molecule has 14 nitrogen and oxygen atoms in total. The molecule has 4 amide bonds. The number of imide groups is 1. The van der Waals surface area contributed by atoms with Crippen LogP contribution < -0.4 is 15.5 Å². The minimum Gasteiger partial charge on any atom is -0.362 e. The van der Waals surface area contributed by atoms with Gasteiger partial charge < -0.3 is 9.72 Å². The highest BCUT2D eigenvalue weighted by Gasteiger charge is 2.46. The van der Waals surface area contributed by atoms with Gasteiger partial charge in [0.2, 0.25) is 11.9 Å². The monoisotopic (exact) mass is 571 g/mol. The molecule has 42 heavy (non-hydrogen) atoms. The first-order valence-corrected chi connectivity index (χ1v) is 13.6. The maximum atomic E-state index is 14.6. The van der Waals surface area contributed by atoms with E-state index in [1.165, 1.54) is 11.9 Å². The first kappa shape index (κ1) is 25.9. The molecule has 2 saturated carbocycles. The standard InChI is InChI=1S/C27H26FN11O3/c1-13-5-6-29-21(32-13)16-7-17(16)25(41)36-26-31-9-18(28)22(35-26)30-8-15-10-38-11-19(14-3-4-14)34-24(23(38)33-15)39-12-20(40)37(2)27(39)42/h5-6,9-11,14,16-17H,3-4,7-8,12H2,1-2H3,(H2,30,31,35,36,41)/t16-,17-/m0/s1. The van der Waals surface area contributed by atoms with Gasteiger partial charge in [-0.05, 0) is 32.3 Å². The van der Waals surface area contributed by atoms with Gasteiger partial charge in [-0.25, -0.2) is 34.1 Å². The Kier molecular flexibility index (Phi) is 6.02. The molecule has 3 fully saturated rings. The van der Waals surface area contributed by atoms with Crippen LogP contribution in [0.4, 0.5) is 26.8 Å². The Labute approximate surface area is 238 Å². The Morgan fingerprint density at radius 3 is 2.69 bits per heavy atom. The summed E-state index contributed by atoms with van der Waals surface area (Å²) in [6.45, 7) is 1.84. The highest BCUT2D eigenvalue weighted by Crippen LogP contribution is 2.46. The molecule has 2 atom stereocenters. The van der Waals surface area contributed by atoms with Crippen LogP contribution in [0, 0.1) is 18.7 Å². The van der Waals surface area contributed by atoms with Crippen LogP contribution in [0.25, 0.3) is 5.65 Å². The number of urea groups is 1. The fourth-order valence-corrected chi connectivity index (χ4v) is 5.00. The number of fused-ring (bicyclic) bond motifs is 1. The van der Waals surface area contributed by atoms with Crippen molar-refractivity contribution in [3.63, 3.8) is 0 Å². The van der Waals surface area contributed by atoms with Crippen LogP contribution in [-0.2, 0) is 16.1 Å². The van der Waals surface area contributed by atoms with Gasteiger partial charge in [-0.15, -0.1) is 0 Å². The van der Waals surface area contributed by atoms with Crippen molar-refractivity contribution in [2.75, 3.05) is 29.1 Å². The molecule has 5 heterocycles. The van der Waals surface area contributed by atoms with E-state index >= 15 is 0 Å². The van der Waals surface area contributed by atoms with Gasteiger partial charge in [0.15, 0.2) is 23.1 Å². The lowest BCUT2D eigenvalue weighted by molar-refractivity contribution is -0.124. The van der Waals surface area contributed by atoms with Crippen LogP contribution >= 0.6 is 0 Å². The lowest BCUT2D eigenvalue weighted by atomic mass is 10.2. The van der Waals surface area contributed by atoms with E-state index in [0.29, 0.717) is 35.3 Å². The SMILES string of the molecule is Cc1ccnc([C@H]2C[C@@H]2C(=O)Nc2ncc(F)c(NCc3cn4cc(C5CC5)nc(N5CC(=O)N(C)C5=O)c4n3)n2)n1. The second-order valence-corrected chi connectivity index (χ2v) is 10.8. The number of nitrogens with one attached hydrogen (secondary N) is 2. The summed E-state index contributed by atoms with van der Waals surface area (Å²) in [5.74, 6) is -0.603. The first-order chi connectivity index (χ1) is 20.2. The van der Waals surface area contributed by atoms with E-state index in [1.807, 2.05) is 13.1 Å². The van der Waals surface area contributed by atoms with Crippen LogP contribution in [0.1, 0.15) is 54.0 Å². The number of nitrogens with zero attached hydrogens (tertiary/aromatic N) is 9. The van der Waals surface area contributed by atoms with E-state index in [-0.39, 0.29) is 48.5 Å². The predicted molar refractivity (Wildman–Crippen MR) is 146 cm³/mol. The Balaban J connectivity index is 1.07. The number of hydrogen-bond acceptors (Lipinski definition) is 10. The smallest absolute Gasteiger partial charge is 0.332 e. The van der Waals surface area contributed by atoms with Gasteiger partial charge in [-0.3, -0.25) is 24.7 Å². The number of carbonyl (C=O) groups excluding carboxylic acids is 3. The first-order valence-electron chi connectivity index (χ1n) is 13.6. The molecule has 0 aromatic carbocycles.